The summed E-state index contributed by atoms with van der Waals surface area (Å²) >= 11 is 11.8. The van der Waals surface area contributed by atoms with E-state index in [9.17, 15) is 19.7 Å². The van der Waals surface area contributed by atoms with Gasteiger partial charge in [0, 0.05) is 22.7 Å². The Labute approximate surface area is 186 Å². The Hall–Kier alpha value is -3.75. The number of esters is 1. The third-order valence-electron chi connectivity index (χ3n) is 3.94. The quantitative estimate of drug-likeness (QED) is 0.186. The number of hydrazone groups is 1. The third-order valence-corrected chi connectivity index (χ3v) is 4.49. The molecule has 0 aliphatic rings. The van der Waals surface area contributed by atoms with Crippen molar-refractivity contribution in [1.29, 1.82) is 0 Å². The van der Waals surface area contributed by atoms with Crippen molar-refractivity contribution in [3.8, 4) is 5.75 Å². The second-order valence-corrected chi connectivity index (χ2v) is 6.93. The number of rotatable bonds is 6. The summed E-state index contributed by atoms with van der Waals surface area (Å²) in [6, 6.07) is 16.0. The smallest absolute Gasteiger partial charge is 0.345 e. The number of nitrogens with zero attached hydrogens (tertiary/aromatic N) is 2. The summed E-state index contributed by atoms with van der Waals surface area (Å²) in [6.45, 7) is 0. The highest BCUT2D eigenvalue weighted by molar-refractivity contribution is 6.36. The van der Waals surface area contributed by atoms with Crippen molar-refractivity contribution in [3.05, 3.63) is 104 Å². The molecule has 0 spiro atoms. The van der Waals surface area contributed by atoms with Crippen molar-refractivity contribution in [1.82, 2.24) is 5.43 Å². The van der Waals surface area contributed by atoms with Gasteiger partial charge in [-0.3, -0.25) is 14.9 Å². The lowest BCUT2D eigenvalue weighted by atomic mass is 10.2. The second-order valence-electron chi connectivity index (χ2n) is 6.09. The Morgan fingerprint density at radius 2 is 1.77 bits per heavy atom. The fraction of sp³-hybridized carbons (Fsp3) is 0. The Balaban J connectivity index is 1.63. The Bertz CT molecular complexity index is 1180. The highest BCUT2D eigenvalue weighted by Crippen LogP contribution is 2.23. The van der Waals surface area contributed by atoms with Crippen LogP contribution in [0, 0.1) is 10.1 Å². The first-order valence-corrected chi connectivity index (χ1v) is 9.44. The molecule has 0 unspecified atom stereocenters. The van der Waals surface area contributed by atoms with Crippen molar-refractivity contribution in [2.24, 2.45) is 5.10 Å². The zero-order valence-electron chi connectivity index (χ0n) is 15.6. The lowest BCUT2D eigenvalue weighted by Crippen LogP contribution is -2.17. The summed E-state index contributed by atoms with van der Waals surface area (Å²) in [5.74, 6) is -0.935. The van der Waals surface area contributed by atoms with Crippen molar-refractivity contribution in [3.63, 3.8) is 0 Å². The summed E-state index contributed by atoms with van der Waals surface area (Å²) in [5, 5.41) is 15.1. The van der Waals surface area contributed by atoms with E-state index in [-0.39, 0.29) is 27.6 Å². The average molecular weight is 458 g/mol. The van der Waals surface area contributed by atoms with E-state index in [0.29, 0.717) is 10.6 Å². The second kappa shape index (κ2) is 9.84. The van der Waals surface area contributed by atoms with E-state index in [1.807, 2.05) is 0 Å². The number of benzene rings is 3. The van der Waals surface area contributed by atoms with Crippen LogP contribution in [-0.4, -0.2) is 23.0 Å². The molecule has 0 atom stereocenters. The standard InChI is InChI=1S/C21H13Cl2N3O5/c22-15-6-9-18(19(23)11-15)21(28)31-17-3-1-2-13(10-17)12-24-25-20(27)14-4-7-16(8-5-14)26(29)30/h1-12H,(H,25,27)/b24-12+. The minimum Gasteiger partial charge on any atom is -0.423 e. The van der Waals surface area contributed by atoms with E-state index < -0.39 is 16.8 Å². The highest BCUT2D eigenvalue weighted by atomic mass is 35.5. The molecule has 0 aromatic heterocycles. The molecule has 0 bridgehead atoms. The number of nitro groups is 1. The highest BCUT2D eigenvalue weighted by Gasteiger charge is 2.13. The van der Waals surface area contributed by atoms with E-state index in [1.54, 1.807) is 24.3 Å². The molecule has 156 valence electrons. The largest absolute Gasteiger partial charge is 0.423 e. The van der Waals surface area contributed by atoms with E-state index in [4.69, 9.17) is 27.9 Å². The Kier molecular flexibility index (Phi) is 6.96. The number of carbonyl (C=O) groups is 2. The van der Waals surface area contributed by atoms with Crippen LogP contribution in [0.2, 0.25) is 10.0 Å². The van der Waals surface area contributed by atoms with Crippen molar-refractivity contribution in [2.45, 2.75) is 0 Å². The maximum absolute atomic E-state index is 12.3. The molecule has 0 aliphatic carbocycles. The van der Waals surface area contributed by atoms with Gasteiger partial charge >= 0.3 is 5.97 Å². The summed E-state index contributed by atoms with van der Waals surface area (Å²) in [4.78, 5) is 34.5. The molecule has 31 heavy (non-hydrogen) atoms. The Morgan fingerprint density at radius 3 is 2.45 bits per heavy atom. The molecular weight excluding hydrogens is 445 g/mol. The number of carbonyl (C=O) groups excluding carboxylic acids is 2. The number of amides is 1. The molecule has 0 heterocycles. The zero-order valence-corrected chi connectivity index (χ0v) is 17.1. The molecule has 0 radical (unpaired) electrons. The molecule has 3 aromatic carbocycles. The molecular formula is C21H13Cl2N3O5. The van der Waals surface area contributed by atoms with Crippen molar-refractivity contribution < 1.29 is 19.2 Å². The number of ether oxygens (including phenoxy) is 1. The lowest BCUT2D eigenvalue weighted by molar-refractivity contribution is -0.384. The van der Waals surface area contributed by atoms with Gasteiger partial charge in [-0.05, 0) is 48.0 Å². The molecule has 10 heteroatoms. The zero-order chi connectivity index (χ0) is 22.4. The van der Waals surface area contributed by atoms with Gasteiger partial charge in [-0.1, -0.05) is 35.3 Å². The fourth-order valence-corrected chi connectivity index (χ4v) is 2.93. The molecule has 3 rings (SSSR count). The van der Waals surface area contributed by atoms with Crippen LogP contribution in [0.4, 0.5) is 5.69 Å². The lowest BCUT2D eigenvalue weighted by Gasteiger charge is -2.07. The number of nitro benzene ring substituents is 1. The number of halogens is 2. The first-order valence-electron chi connectivity index (χ1n) is 8.68. The topological polar surface area (TPSA) is 111 Å². The van der Waals surface area contributed by atoms with Crippen LogP contribution in [-0.2, 0) is 0 Å². The maximum atomic E-state index is 12.3. The molecule has 8 nitrogen and oxygen atoms in total. The summed E-state index contributed by atoms with van der Waals surface area (Å²) in [7, 11) is 0. The number of nitrogens with one attached hydrogen (secondary N) is 1. The van der Waals surface area contributed by atoms with Gasteiger partial charge in [-0.15, -0.1) is 0 Å². The minimum absolute atomic E-state index is 0.119. The van der Waals surface area contributed by atoms with Gasteiger partial charge in [0.2, 0.25) is 0 Å². The molecule has 0 fully saturated rings. The van der Waals surface area contributed by atoms with Crippen molar-refractivity contribution in [2.75, 3.05) is 0 Å². The van der Waals surface area contributed by atoms with Crippen LogP contribution < -0.4 is 10.2 Å². The summed E-state index contributed by atoms with van der Waals surface area (Å²) in [6.07, 6.45) is 1.36. The molecule has 3 aromatic rings. The fourth-order valence-electron chi connectivity index (χ4n) is 2.44. The first-order chi connectivity index (χ1) is 14.8. The van der Waals surface area contributed by atoms with Gasteiger partial charge in [0.05, 0.1) is 21.7 Å². The predicted octanol–water partition coefficient (Wildman–Crippen LogP) is 4.88. The maximum Gasteiger partial charge on any atom is 0.345 e. The normalized spacial score (nSPS) is 10.6. The van der Waals surface area contributed by atoms with E-state index >= 15 is 0 Å². The number of hydrogen-bond donors (Lipinski definition) is 1. The van der Waals surface area contributed by atoms with Gasteiger partial charge in [0.25, 0.3) is 11.6 Å². The molecule has 0 aliphatic heterocycles. The van der Waals surface area contributed by atoms with E-state index in [1.165, 1.54) is 48.7 Å². The van der Waals surface area contributed by atoms with Crippen LogP contribution in [0.15, 0.2) is 71.8 Å². The molecule has 1 N–H and O–H groups in total. The predicted molar refractivity (Wildman–Crippen MR) is 116 cm³/mol. The summed E-state index contributed by atoms with van der Waals surface area (Å²) in [5.41, 5.74) is 3.13. The average Bonchev–Trinajstić information content (AvgIpc) is 2.74. The van der Waals surface area contributed by atoms with Crippen LogP contribution in [0.25, 0.3) is 0 Å². The SMILES string of the molecule is O=C(N/N=C/c1cccc(OC(=O)c2ccc(Cl)cc2Cl)c1)c1ccc([N+](=O)[O-])cc1. The van der Waals surface area contributed by atoms with Crippen molar-refractivity contribution >= 4 is 47.0 Å². The number of non-ortho nitro benzene ring substituents is 1. The Morgan fingerprint density at radius 1 is 1.03 bits per heavy atom. The first kappa shape index (κ1) is 21.9. The van der Waals surface area contributed by atoms with Crippen LogP contribution in [0.3, 0.4) is 0 Å². The van der Waals surface area contributed by atoms with Crippen LogP contribution >= 0.6 is 23.2 Å². The number of hydrogen-bond acceptors (Lipinski definition) is 6. The molecule has 0 saturated carbocycles. The molecule has 1 amide bonds. The molecule has 0 saturated heterocycles. The van der Waals surface area contributed by atoms with Gasteiger partial charge in [-0.2, -0.15) is 5.10 Å². The van der Waals surface area contributed by atoms with Crippen LogP contribution in [0.1, 0.15) is 26.3 Å². The van der Waals surface area contributed by atoms with E-state index in [2.05, 4.69) is 10.5 Å². The third kappa shape index (κ3) is 5.88. The summed E-state index contributed by atoms with van der Waals surface area (Å²) < 4.78 is 5.32. The monoisotopic (exact) mass is 457 g/mol. The van der Waals surface area contributed by atoms with Gasteiger partial charge in [0.15, 0.2) is 0 Å². The van der Waals surface area contributed by atoms with Gasteiger partial charge in [-0.25, -0.2) is 10.2 Å². The van der Waals surface area contributed by atoms with Crippen LogP contribution in [0.5, 0.6) is 5.75 Å². The van der Waals surface area contributed by atoms with E-state index in [0.717, 1.165) is 0 Å². The minimum atomic E-state index is -0.651. The van der Waals surface area contributed by atoms with Gasteiger partial charge in [0.1, 0.15) is 5.75 Å². The van der Waals surface area contributed by atoms with Gasteiger partial charge < -0.3 is 4.74 Å².